The van der Waals surface area contributed by atoms with E-state index in [1.54, 1.807) is 6.33 Å². The minimum Gasteiger partial charge on any atom is -0.382 e. The first kappa shape index (κ1) is 15.6. The van der Waals surface area contributed by atoms with Gasteiger partial charge in [0, 0.05) is 6.54 Å². The van der Waals surface area contributed by atoms with Gasteiger partial charge in [0.1, 0.15) is 18.2 Å². The molecule has 0 amide bonds. The Morgan fingerprint density at radius 3 is 2.90 bits per heavy atom. The Balaban J connectivity index is 1.81. The summed E-state index contributed by atoms with van der Waals surface area (Å²) in [5.74, 6) is 0.341. The smallest absolute Gasteiger partial charge is 0.350 e. The zero-order valence-electron chi connectivity index (χ0n) is 11.2. The lowest BCUT2D eigenvalue weighted by Crippen LogP contribution is -1.98. The fourth-order valence-electron chi connectivity index (χ4n) is 1.67. The Kier molecular flexibility index (Phi) is 5.03. The minimum absolute atomic E-state index is 0.251. The topological polar surface area (TPSA) is 136 Å². The maximum atomic E-state index is 10.5. The Hall–Kier alpha value is -1.80. The van der Waals surface area contributed by atoms with Crippen LogP contribution in [0.25, 0.3) is 11.2 Å². The van der Waals surface area contributed by atoms with Gasteiger partial charge in [-0.2, -0.15) is 0 Å². The van der Waals surface area contributed by atoms with Gasteiger partial charge in [-0.15, -0.1) is 0 Å². The average molecular weight is 313 g/mol. The highest BCUT2D eigenvalue weighted by Crippen LogP contribution is 2.33. The zero-order chi connectivity index (χ0) is 15.3. The molecule has 0 fully saturated rings. The number of hydrogen-bond donors (Lipinski definition) is 3. The maximum absolute atomic E-state index is 10.5. The van der Waals surface area contributed by atoms with Crippen LogP contribution in [0, 0.1) is 0 Å². The van der Waals surface area contributed by atoms with Crippen molar-refractivity contribution in [2.45, 2.75) is 13.0 Å². The highest BCUT2D eigenvalue weighted by molar-refractivity contribution is 7.51. The molecule has 0 bridgehead atoms. The van der Waals surface area contributed by atoms with Crippen molar-refractivity contribution in [3.05, 3.63) is 24.8 Å². The first-order valence-electron chi connectivity index (χ1n) is 6.16. The molecule has 0 aliphatic heterocycles. The molecule has 0 aliphatic rings. The molecule has 4 N–H and O–H groups in total. The van der Waals surface area contributed by atoms with Crippen molar-refractivity contribution >= 4 is 24.6 Å². The Morgan fingerprint density at radius 2 is 2.14 bits per heavy atom. The predicted molar refractivity (Wildman–Crippen MR) is 76.4 cm³/mol. The third-order valence-corrected chi connectivity index (χ3v) is 3.11. The van der Waals surface area contributed by atoms with Crippen LogP contribution >= 0.6 is 7.60 Å². The number of imidazole rings is 1. The molecule has 114 valence electrons. The van der Waals surface area contributed by atoms with Crippen molar-refractivity contribution in [1.82, 2.24) is 19.5 Å². The Morgan fingerprint density at radius 1 is 1.33 bits per heavy atom. The molecule has 2 aromatic rings. The Labute approximate surface area is 120 Å². The van der Waals surface area contributed by atoms with Gasteiger partial charge >= 0.3 is 7.60 Å². The van der Waals surface area contributed by atoms with Crippen LogP contribution in [-0.2, 0) is 15.8 Å². The number of nitrogen functional groups attached to an aromatic ring is 1. The van der Waals surface area contributed by atoms with Crippen LogP contribution < -0.4 is 5.73 Å². The largest absolute Gasteiger partial charge is 0.382 e. The highest BCUT2D eigenvalue weighted by Gasteiger charge is 2.11. The normalized spacial score (nSPS) is 12.5. The first-order chi connectivity index (χ1) is 9.97. The van der Waals surface area contributed by atoms with Gasteiger partial charge in [0.05, 0.1) is 12.9 Å². The lowest BCUT2D eigenvalue weighted by atomic mass is 10.4. The number of allylic oxidation sites excluding steroid dienone is 1. The van der Waals surface area contributed by atoms with Gasteiger partial charge in [-0.05, 0) is 6.42 Å². The number of nitrogens with two attached hydrogens (primary N) is 1. The van der Waals surface area contributed by atoms with Crippen molar-refractivity contribution in [1.29, 1.82) is 0 Å². The summed E-state index contributed by atoms with van der Waals surface area (Å²) in [6, 6.07) is 0. The second-order valence-electron chi connectivity index (χ2n) is 4.29. The van der Waals surface area contributed by atoms with Crippen LogP contribution in [0.2, 0.25) is 0 Å². The molecule has 0 spiro atoms. The van der Waals surface area contributed by atoms with E-state index in [-0.39, 0.29) is 6.61 Å². The molecule has 0 aromatic carbocycles. The molecule has 0 atom stereocenters. The SMILES string of the molecule is Nc1ncnc2c1ncn2C/C=C/CCOCP(=O)(O)O. The summed E-state index contributed by atoms with van der Waals surface area (Å²) in [6.07, 6.45) is 6.77. The molecule has 0 aliphatic carbocycles. The summed E-state index contributed by atoms with van der Waals surface area (Å²) >= 11 is 0. The molecule has 21 heavy (non-hydrogen) atoms. The minimum atomic E-state index is -4.08. The lowest BCUT2D eigenvalue weighted by molar-refractivity contribution is 0.161. The van der Waals surface area contributed by atoms with Crippen LogP contribution in [0.15, 0.2) is 24.8 Å². The molecule has 0 unspecified atom stereocenters. The molecule has 10 heteroatoms. The number of ether oxygens (including phenoxy) is 1. The summed E-state index contributed by atoms with van der Waals surface area (Å²) in [4.78, 5) is 29.3. The van der Waals surface area contributed by atoms with Crippen molar-refractivity contribution < 1.29 is 19.1 Å². The van der Waals surface area contributed by atoms with Gasteiger partial charge in [-0.1, -0.05) is 12.2 Å². The summed E-state index contributed by atoms with van der Waals surface area (Å²) in [6.45, 7) is 0.812. The van der Waals surface area contributed by atoms with Gasteiger partial charge in [0.15, 0.2) is 11.5 Å². The van der Waals surface area contributed by atoms with E-state index in [0.29, 0.717) is 29.9 Å². The lowest BCUT2D eigenvalue weighted by Gasteiger charge is -2.03. The number of aromatic nitrogens is 4. The number of hydrogen-bond acceptors (Lipinski definition) is 6. The van der Waals surface area contributed by atoms with Crippen LogP contribution in [-0.4, -0.2) is 42.3 Å². The van der Waals surface area contributed by atoms with E-state index in [4.69, 9.17) is 20.3 Å². The summed E-state index contributed by atoms with van der Waals surface area (Å²) < 4.78 is 17.2. The average Bonchev–Trinajstić information content (AvgIpc) is 2.81. The molecule has 0 radical (unpaired) electrons. The molecular formula is C11H16N5O4P. The number of rotatable bonds is 7. The molecule has 0 saturated carbocycles. The molecule has 0 saturated heterocycles. The summed E-state index contributed by atoms with van der Waals surface area (Å²) in [7, 11) is -4.08. The predicted octanol–water partition coefficient (Wildman–Crippen LogP) is 0.507. The van der Waals surface area contributed by atoms with Gasteiger partial charge in [-0.3, -0.25) is 4.57 Å². The fourth-order valence-corrected chi connectivity index (χ4v) is 2.04. The van der Waals surface area contributed by atoms with Gasteiger partial charge < -0.3 is 24.8 Å². The fraction of sp³-hybridized carbons (Fsp3) is 0.364. The summed E-state index contributed by atoms with van der Waals surface area (Å²) in [5.41, 5.74) is 6.91. The van der Waals surface area contributed by atoms with Crippen molar-refractivity contribution in [2.75, 3.05) is 18.7 Å². The van der Waals surface area contributed by atoms with Crippen LogP contribution in [0.4, 0.5) is 5.82 Å². The third-order valence-electron chi connectivity index (χ3n) is 2.59. The third kappa shape index (κ3) is 4.61. The van der Waals surface area contributed by atoms with Crippen molar-refractivity contribution in [2.24, 2.45) is 0 Å². The standard InChI is InChI=1S/C11H16N5O4P/c12-10-9-11(14-6-13-10)16(7-15-9)4-2-1-3-5-20-8-21(17,18)19/h1-2,6-7H,3-5,8H2,(H2,12,13,14)(H2,17,18,19)/b2-1+. The number of nitrogens with zero attached hydrogens (tertiary/aromatic N) is 4. The molecular weight excluding hydrogens is 297 g/mol. The zero-order valence-corrected chi connectivity index (χ0v) is 12.1. The van der Waals surface area contributed by atoms with E-state index < -0.39 is 13.9 Å². The van der Waals surface area contributed by atoms with Gasteiger partial charge in [0.2, 0.25) is 0 Å². The second-order valence-corrected chi connectivity index (χ2v) is 5.88. The monoisotopic (exact) mass is 313 g/mol. The van der Waals surface area contributed by atoms with E-state index in [1.807, 2.05) is 16.7 Å². The molecule has 2 heterocycles. The number of anilines is 1. The van der Waals surface area contributed by atoms with Crippen LogP contribution in [0.3, 0.4) is 0 Å². The Bertz CT molecular complexity index is 680. The van der Waals surface area contributed by atoms with E-state index in [1.165, 1.54) is 6.33 Å². The molecule has 9 nitrogen and oxygen atoms in total. The maximum Gasteiger partial charge on any atom is 0.350 e. The quantitative estimate of drug-likeness (QED) is 0.382. The molecule has 2 aromatic heterocycles. The van der Waals surface area contributed by atoms with E-state index in [0.717, 1.165) is 0 Å². The van der Waals surface area contributed by atoms with Gasteiger partial charge in [0.25, 0.3) is 0 Å². The number of fused-ring (bicyclic) bond motifs is 1. The highest BCUT2D eigenvalue weighted by atomic mass is 31.2. The summed E-state index contributed by atoms with van der Waals surface area (Å²) in [5, 5.41) is 0. The van der Waals surface area contributed by atoms with Crippen LogP contribution in [0.1, 0.15) is 6.42 Å². The van der Waals surface area contributed by atoms with Crippen molar-refractivity contribution in [3.63, 3.8) is 0 Å². The molecule has 2 rings (SSSR count). The second kappa shape index (κ2) is 6.77. The van der Waals surface area contributed by atoms with Gasteiger partial charge in [-0.25, -0.2) is 15.0 Å². The van der Waals surface area contributed by atoms with Crippen LogP contribution in [0.5, 0.6) is 0 Å². The van der Waals surface area contributed by atoms with Crippen molar-refractivity contribution in [3.8, 4) is 0 Å². The first-order valence-corrected chi connectivity index (χ1v) is 7.96. The van der Waals surface area contributed by atoms with E-state index in [9.17, 15) is 4.57 Å². The van der Waals surface area contributed by atoms with E-state index in [2.05, 4.69) is 15.0 Å². The van der Waals surface area contributed by atoms with E-state index >= 15 is 0 Å².